The molecule has 35 heavy (non-hydrogen) atoms. The smallest absolute Gasteiger partial charge is 0.229 e. The van der Waals surface area contributed by atoms with Gasteiger partial charge in [0.2, 0.25) is 17.8 Å². The topological polar surface area (TPSA) is 111 Å². The highest BCUT2D eigenvalue weighted by molar-refractivity contribution is 5.98. The maximum Gasteiger partial charge on any atom is 0.229 e. The molecule has 3 fully saturated rings. The third kappa shape index (κ3) is 4.60. The molecule has 0 atom stereocenters. The van der Waals surface area contributed by atoms with Gasteiger partial charge in [0.15, 0.2) is 11.5 Å². The number of carbonyl (C=O) groups excluding carboxylic acids is 2. The van der Waals surface area contributed by atoms with Crippen molar-refractivity contribution in [3.8, 4) is 11.5 Å². The largest absolute Gasteiger partial charge is 0.493 e. The number of methoxy groups -OCH3 is 2. The normalized spacial score (nSPS) is 21.1. The summed E-state index contributed by atoms with van der Waals surface area (Å²) in [4.78, 5) is 39.0. The van der Waals surface area contributed by atoms with Crippen LogP contribution in [0.1, 0.15) is 57.8 Å². The van der Waals surface area contributed by atoms with Crippen LogP contribution >= 0.6 is 0 Å². The number of nitrogens with two attached hydrogens (primary N) is 1. The van der Waals surface area contributed by atoms with Crippen LogP contribution in [0, 0.1) is 11.8 Å². The minimum absolute atomic E-state index is 0.0162. The van der Waals surface area contributed by atoms with E-state index >= 15 is 0 Å². The number of fused-ring (bicyclic) bond motifs is 1. The first kappa shape index (κ1) is 23.6. The Morgan fingerprint density at radius 1 is 0.857 bits per heavy atom. The molecule has 0 unspecified atom stereocenters. The van der Waals surface area contributed by atoms with E-state index in [4.69, 9.17) is 20.2 Å². The summed E-state index contributed by atoms with van der Waals surface area (Å²) < 4.78 is 10.8. The summed E-state index contributed by atoms with van der Waals surface area (Å²) in [5.74, 6) is 2.88. The molecule has 3 heterocycles. The van der Waals surface area contributed by atoms with E-state index in [0.717, 1.165) is 12.8 Å². The molecule has 2 aromatic rings. The molecule has 1 aromatic carbocycles. The van der Waals surface area contributed by atoms with E-state index in [-0.39, 0.29) is 23.8 Å². The number of benzene rings is 1. The molecule has 1 saturated carbocycles. The van der Waals surface area contributed by atoms with Crippen LogP contribution in [0.3, 0.4) is 0 Å². The third-order valence-corrected chi connectivity index (χ3v) is 8.06. The van der Waals surface area contributed by atoms with Crippen molar-refractivity contribution in [1.29, 1.82) is 0 Å². The van der Waals surface area contributed by atoms with Crippen molar-refractivity contribution in [1.82, 2.24) is 14.9 Å². The first-order chi connectivity index (χ1) is 17.0. The molecule has 0 bridgehead atoms. The molecule has 3 aliphatic rings. The highest BCUT2D eigenvalue weighted by Gasteiger charge is 2.40. The predicted molar refractivity (Wildman–Crippen MR) is 133 cm³/mol. The Morgan fingerprint density at radius 2 is 1.49 bits per heavy atom. The zero-order valence-corrected chi connectivity index (χ0v) is 20.7. The van der Waals surface area contributed by atoms with Gasteiger partial charge in [0, 0.05) is 43.4 Å². The molecular formula is C26H35N5O4. The molecule has 2 saturated heterocycles. The van der Waals surface area contributed by atoms with Crippen LogP contribution in [-0.4, -0.2) is 60.0 Å². The van der Waals surface area contributed by atoms with E-state index in [9.17, 15) is 9.59 Å². The van der Waals surface area contributed by atoms with E-state index in [1.165, 1.54) is 19.3 Å². The number of likely N-dealkylation sites (tertiary alicyclic amines) is 1. The van der Waals surface area contributed by atoms with Gasteiger partial charge in [-0.1, -0.05) is 32.1 Å². The Hall–Kier alpha value is -3.10. The van der Waals surface area contributed by atoms with Gasteiger partial charge in [-0.05, 0) is 30.7 Å². The number of nitrogens with zero attached hydrogens (tertiary/aromatic N) is 4. The molecule has 9 heteroatoms. The van der Waals surface area contributed by atoms with Crippen LogP contribution in [0.5, 0.6) is 11.5 Å². The van der Waals surface area contributed by atoms with Gasteiger partial charge >= 0.3 is 0 Å². The molecule has 0 radical (unpaired) electrons. The van der Waals surface area contributed by atoms with Crippen molar-refractivity contribution in [3.63, 3.8) is 0 Å². The second-order valence-electron chi connectivity index (χ2n) is 10.1. The standard InChI is InChI=1S/C26H35N5O4/c1-34-21-14-19-20(15-22(21)35-2)28-26(29-25(19)27)30-10-8-18(9-11-30)31-23(32)12-17(13-24(31)33)16-6-4-3-5-7-16/h14-18H,3-13H2,1-2H3,(H2,27,28,29). The minimum atomic E-state index is -0.0549. The van der Waals surface area contributed by atoms with Crippen LogP contribution in [-0.2, 0) is 9.59 Å². The van der Waals surface area contributed by atoms with Gasteiger partial charge in [-0.2, -0.15) is 4.98 Å². The van der Waals surface area contributed by atoms with Gasteiger partial charge in [-0.15, -0.1) is 0 Å². The fraction of sp³-hybridized carbons (Fsp3) is 0.615. The Bertz CT molecular complexity index is 1090. The van der Waals surface area contributed by atoms with Crippen molar-refractivity contribution < 1.29 is 19.1 Å². The number of piperidine rings is 2. The van der Waals surface area contributed by atoms with Gasteiger partial charge in [0.05, 0.1) is 19.7 Å². The summed E-state index contributed by atoms with van der Waals surface area (Å²) >= 11 is 0. The van der Waals surface area contributed by atoms with E-state index in [1.807, 2.05) is 0 Å². The van der Waals surface area contributed by atoms with Crippen LogP contribution in [0.2, 0.25) is 0 Å². The molecule has 1 aliphatic carbocycles. The molecule has 2 amide bonds. The number of rotatable bonds is 5. The Labute approximate surface area is 206 Å². The number of anilines is 2. The molecule has 0 spiro atoms. The van der Waals surface area contributed by atoms with Gasteiger partial charge in [0.25, 0.3) is 0 Å². The molecule has 5 rings (SSSR count). The van der Waals surface area contributed by atoms with Crippen molar-refractivity contribution in [2.75, 3.05) is 37.9 Å². The van der Waals surface area contributed by atoms with Crippen LogP contribution in [0.4, 0.5) is 11.8 Å². The zero-order chi connectivity index (χ0) is 24.5. The summed E-state index contributed by atoms with van der Waals surface area (Å²) in [5, 5.41) is 0.707. The van der Waals surface area contributed by atoms with E-state index in [0.29, 0.717) is 78.9 Å². The highest BCUT2D eigenvalue weighted by atomic mass is 16.5. The van der Waals surface area contributed by atoms with Gasteiger partial charge < -0.3 is 20.1 Å². The SMILES string of the molecule is COc1cc2nc(N3CCC(N4C(=O)CC(C5CCCCC5)CC4=O)CC3)nc(N)c2cc1OC. The third-order valence-electron chi connectivity index (χ3n) is 8.06. The summed E-state index contributed by atoms with van der Waals surface area (Å²) in [7, 11) is 3.16. The van der Waals surface area contributed by atoms with Crippen molar-refractivity contribution in [2.24, 2.45) is 11.8 Å². The molecule has 1 aromatic heterocycles. The fourth-order valence-corrected chi connectivity index (χ4v) is 6.13. The van der Waals surface area contributed by atoms with Gasteiger partial charge in [-0.25, -0.2) is 4.98 Å². The summed E-state index contributed by atoms with van der Waals surface area (Å²) in [6, 6.07) is 3.53. The van der Waals surface area contributed by atoms with Gasteiger partial charge in [0.1, 0.15) is 5.82 Å². The maximum absolute atomic E-state index is 13.0. The number of hydrogen-bond acceptors (Lipinski definition) is 8. The second kappa shape index (κ2) is 9.87. The number of hydrogen-bond donors (Lipinski definition) is 1. The summed E-state index contributed by atoms with van der Waals surface area (Å²) in [6.07, 6.45) is 8.52. The van der Waals surface area contributed by atoms with E-state index in [2.05, 4.69) is 9.88 Å². The molecule has 9 nitrogen and oxygen atoms in total. The van der Waals surface area contributed by atoms with Crippen LogP contribution < -0.4 is 20.1 Å². The van der Waals surface area contributed by atoms with Crippen LogP contribution in [0.15, 0.2) is 12.1 Å². The number of imide groups is 1. The van der Waals surface area contributed by atoms with E-state index < -0.39 is 0 Å². The minimum Gasteiger partial charge on any atom is -0.493 e. The number of nitrogen functional groups attached to an aromatic ring is 1. The highest BCUT2D eigenvalue weighted by Crippen LogP contribution is 2.38. The Morgan fingerprint density at radius 3 is 2.11 bits per heavy atom. The predicted octanol–water partition coefficient (Wildman–Crippen LogP) is 3.54. The maximum atomic E-state index is 13.0. The molecule has 2 aliphatic heterocycles. The lowest BCUT2D eigenvalue weighted by molar-refractivity contribution is -0.154. The quantitative estimate of drug-likeness (QED) is 0.646. The molecular weight excluding hydrogens is 446 g/mol. The van der Waals surface area contributed by atoms with Crippen molar-refractivity contribution >= 4 is 34.5 Å². The lowest BCUT2D eigenvalue weighted by Crippen LogP contribution is -2.53. The zero-order valence-electron chi connectivity index (χ0n) is 20.7. The average Bonchev–Trinajstić information content (AvgIpc) is 2.88. The number of aromatic nitrogens is 2. The van der Waals surface area contributed by atoms with Gasteiger partial charge in [-0.3, -0.25) is 14.5 Å². The van der Waals surface area contributed by atoms with Crippen molar-refractivity contribution in [3.05, 3.63) is 12.1 Å². The van der Waals surface area contributed by atoms with Crippen molar-refractivity contribution in [2.45, 2.75) is 63.8 Å². The monoisotopic (exact) mass is 481 g/mol. The molecule has 188 valence electrons. The summed E-state index contributed by atoms with van der Waals surface area (Å²) in [6.45, 7) is 1.32. The average molecular weight is 482 g/mol. The molecule has 2 N–H and O–H groups in total. The summed E-state index contributed by atoms with van der Waals surface area (Å²) in [5.41, 5.74) is 6.94. The first-order valence-electron chi connectivity index (χ1n) is 12.8. The number of carbonyl (C=O) groups is 2. The number of amides is 2. The lowest BCUT2D eigenvalue weighted by Gasteiger charge is -2.42. The Balaban J connectivity index is 1.26. The second-order valence-corrected chi connectivity index (χ2v) is 10.1. The van der Waals surface area contributed by atoms with E-state index in [1.54, 1.807) is 31.3 Å². The lowest BCUT2D eigenvalue weighted by atomic mass is 9.75. The first-order valence-corrected chi connectivity index (χ1v) is 12.8. The van der Waals surface area contributed by atoms with Crippen LogP contribution in [0.25, 0.3) is 10.9 Å². The Kier molecular flexibility index (Phi) is 6.67. The fourth-order valence-electron chi connectivity index (χ4n) is 6.13. The number of ether oxygens (including phenoxy) is 2.